The van der Waals surface area contributed by atoms with Crippen LogP contribution < -0.4 is 5.32 Å². The molecule has 0 saturated carbocycles. The van der Waals surface area contributed by atoms with Crippen molar-refractivity contribution < 1.29 is 13.2 Å². The van der Waals surface area contributed by atoms with Gasteiger partial charge in [0.05, 0.1) is 5.69 Å². The van der Waals surface area contributed by atoms with E-state index < -0.39 is 15.0 Å². The van der Waals surface area contributed by atoms with Crippen LogP contribution in [0.1, 0.15) is 69.1 Å². The Kier molecular flexibility index (Phi) is 6.22. The molecule has 6 nitrogen and oxygen atoms in total. The Hall–Kier alpha value is -1.08. The average Bonchev–Trinajstić information content (AvgIpc) is 2.81. The minimum atomic E-state index is -4.05. The van der Waals surface area contributed by atoms with Gasteiger partial charge < -0.3 is 5.32 Å². The van der Waals surface area contributed by atoms with Crippen molar-refractivity contribution in [2.45, 2.75) is 63.8 Å². The maximum atomic E-state index is 12.2. The van der Waals surface area contributed by atoms with Crippen molar-refractivity contribution in [2.75, 3.05) is 0 Å². The molecule has 120 valence electrons. The Bertz CT molecular complexity index is 596. The van der Waals surface area contributed by atoms with E-state index in [4.69, 9.17) is 10.7 Å². The number of unbranched alkanes of at least 4 members (excludes halogenated alkanes) is 1. The molecule has 8 heteroatoms. The highest BCUT2D eigenvalue weighted by molar-refractivity contribution is 8.13. The molecular weight excluding hydrogens is 314 g/mol. The minimum Gasteiger partial charge on any atom is -0.348 e. The summed E-state index contributed by atoms with van der Waals surface area (Å²) in [5, 5.41) is 9.19. The van der Waals surface area contributed by atoms with Crippen molar-refractivity contribution >= 4 is 25.6 Å². The SMILES string of the molecule is CCCCC(C)NC(=O)c1n[nH]c(C(C)C)c1S(=O)(=O)Cl. The van der Waals surface area contributed by atoms with Gasteiger partial charge in [-0.2, -0.15) is 5.10 Å². The molecule has 0 fully saturated rings. The Morgan fingerprint density at radius 3 is 2.48 bits per heavy atom. The van der Waals surface area contributed by atoms with Crippen LogP contribution in [0.3, 0.4) is 0 Å². The van der Waals surface area contributed by atoms with Crippen LogP contribution in [0.2, 0.25) is 0 Å². The molecule has 21 heavy (non-hydrogen) atoms. The van der Waals surface area contributed by atoms with Crippen molar-refractivity contribution in [3.05, 3.63) is 11.4 Å². The number of carbonyl (C=O) groups is 1. The molecule has 0 aromatic carbocycles. The van der Waals surface area contributed by atoms with Crippen LogP contribution in [0.4, 0.5) is 0 Å². The second-order valence-corrected chi connectivity index (χ2v) is 7.93. The molecule has 0 radical (unpaired) electrons. The molecule has 2 N–H and O–H groups in total. The molecule has 1 aromatic heterocycles. The van der Waals surface area contributed by atoms with E-state index in [1.165, 1.54) is 0 Å². The monoisotopic (exact) mass is 335 g/mol. The molecule has 0 spiro atoms. The fraction of sp³-hybridized carbons (Fsp3) is 0.692. The van der Waals surface area contributed by atoms with E-state index in [2.05, 4.69) is 22.4 Å². The third-order valence-corrected chi connectivity index (χ3v) is 4.52. The zero-order chi connectivity index (χ0) is 16.2. The number of nitrogens with one attached hydrogen (secondary N) is 2. The zero-order valence-electron chi connectivity index (χ0n) is 12.7. The Morgan fingerprint density at radius 1 is 1.38 bits per heavy atom. The molecule has 1 heterocycles. The van der Waals surface area contributed by atoms with Gasteiger partial charge in [0.25, 0.3) is 15.0 Å². The predicted octanol–water partition coefficient (Wildman–Crippen LogP) is 2.77. The second-order valence-electron chi connectivity index (χ2n) is 5.42. The van der Waals surface area contributed by atoms with Gasteiger partial charge in [-0.15, -0.1) is 0 Å². The van der Waals surface area contributed by atoms with E-state index in [0.29, 0.717) is 5.69 Å². The van der Waals surface area contributed by atoms with Crippen LogP contribution in [0.15, 0.2) is 4.90 Å². The first-order valence-corrected chi connectivity index (χ1v) is 9.33. The van der Waals surface area contributed by atoms with Gasteiger partial charge in [0, 0.05) is 16.7 Å². The number of H-pyrrole nitrogens is 1. The quantitative estimate of drug-likeness (QED) is 0.749. The van der Waals surface area contributed by atoms with Gasteiger partial charge in [0.15, 0.2) is 5.69 Å². The lowest BCUT2D eigenvalue weighted by Crippen LogP contribution is -2.33. The van der Waals surface area contributed by atoms with Crippen molar-refractivity contribution in [3.63, 3.8) is 0 Å². The van der Waals surface area contributed by atoms with E-state index >= 15 is 0 Å². The molecule has 1 unspecified atom stereocenters. The first-order chi connectivity index (χ1) is 9.68. The molecule has 0 saturated heterocycles. The largest absolute Gasteiger partial charge is 0.348 e. The predicted molar refractivity (Wildman–Crippen MR) is 82.2 cm³/mol. The number of nitrogens with zero attached hydrogens (tertiary/aromatic N) is 1. The second kappa shape index (κ2) is 7.26. The topological polar surface area (TPSA) is 91.9 Å². The van der Waals surface area contributed by atoms with Crippen molar-refractivity contribution in [1.29, 1.82) is 0 Å². The van der Waals surface area contributed by atoms with Gasteiger partial charge in [0.1, 0.15) is 4.90 Å². The van der Waals surface area contributed by atoms with Crippen LogP contribution in [-0.4, -0.2) is 30.6 Å². The maximum absolute atomic E-state index is 12.2. The summed E-state index contributed by atoms with van der Waals surface area (Å²) in [7, 11) is 1.40. The van der Waals surface area contributed by atoms with Crippen molar-refractivity contribution in [1.82, 2.24) is 15.5 Å². The number of halogens is 1. The number of hydrogen-bond acceptors (Lipinski definition) is 4. The van der Waals surface area contributed by atoms with Crippen LogP contribution in [0.25, 0.3) is 0 Å². The van der Waals surface area contributed by atoms with Crippen LogP contribution in [-0.2, 0) is 9.05 Å². The fourth-order valence-corrected chi connectivity index (χ4v) is 3.39. The molecule has 1 aromatic rings. The van der Waals surface area contributed by atoms with Crippen molar-refractivity contribution in [2.24, 2.45) is 0 Å². The third-order valence-electron chi connectivity index (χ3n) is 3.15. The summed E-state index contributed by atoms with van der Waals surface area (Å²) in [6, 6.07) is -0.0532. The number of amides is 1. The lowest BCUT2D eigenvalue weighted by molar-refractivity contribution is 0.0929. The maximum Gasteiger partial charge on any atom is 0.273 e. The first kappa shape index (κ1) is 18.0. The number of hydrogen-bond donors (Lipinski definition) is 2. The van der Waals surface area contributed by atoms with Crippen LogP contribution in [0, 0.1) is 0 Å². The smallest absolute Gasteiger partial charge is 0.273 e. The van der Waals surface area contributed by atoms with Gasteiger partial charge in [-0.25, -0.2) is 8.42 Å². The summed E-state index contributed by atoms with van der Waals surface area (Å²) in [5.74, 6) is -0.666. The summed E-state index contributed by atoms with van der Waals surface area (Å²) < 4.78 is 23.5. The molecule has 0 aliphatic carbocycles. The Labute approximate surface area is 130 Å². The third kappa shape index (κ3) is 4.71. The Balaban J connectivity index is 3.06. The highest BCUT2D eigenvalue weighted by Gasteiger charge is 2.30. The molecule has 0 bridgehead atoms. The molecule has 1 atom stereocenters. The van der Waals surface area contributed by atoms with Gasteiger partial charge in [-0.05, 0) is 19.3 Å². The molecular formula is C13H22ClN3O3S. The Morgan fingerprint density at radius 2 is 2.00 bits per heavy atom. The van der Waals surface area contributed by atoms with Gasteiger partial charge >= 0.3 is 0 Å². The zero-order valence-corrected chi connectivity index (χ0v) is 14.3. The summed E-state index contributed by atoms with van der Waals surface area (Å²) in [6.07, 6.45) is 2.84. The summed E-state index contributed by atoms with van der Waals surface area (Å²) in [5.41, 5.74) is 0.174. The number of aromatic nitrogens is 2. The summed E-state index contributed by atoms with van der Waals surface area (Å²) in [6.45, 7) is 7.53. The number of aromatic amines is 1. The summed E-state index contributed by atoms with van der Waals surface area (Å²) in [4.78, 5) is 12.0. The van der Waals surface area contributed by atoms with Gasteiger partial charge in [-0.3, -0.25) is 9.89 Å². The fourth-order valence-electron chi connectivity index (χ4n) is 2.01. The highest BCUT2D eigenvalue weighted by atomic mass is 35.7. The number of rotatable bonds is 7. The van der Waals surface area contributed by atoms with E-state index in [-0.39, 0.29) is 22.5 Å². The lowest BCUT2D eigenvalue weighted by Gasteiger charge is -2.12. The molecule has 0 aliphatic rings. The van der Waals surface area contributed by atoms with E-state index in [1.807, 2.05) is 6.92 Å². The standard InChI is InChI=1S/C13H22ClN3O3S/c1-5-6-7-9(4)15-13(18)11-12(21(14,19)20)10(8(2)3)16-17-11/h8-9H,5-7H2,1-4H3,(H,15,18)(H,16,17). The molecule has 1 rings (SSSR count). The first-order valence-electron chi connectivity index (χ1n) is 7.02. The van der Waals surface area contributed by atoms with E-state index in [1.54, 1.807) is 13.8 Å². The summed E-state index contributed by atoms with van der Waals surface area (Å²) >= 11 is 0. The lowest BCUT2D eigenvalue weighted by atomic mass is 10.1. The number of carbonyl (C=O) groups excluding carboxylic acids is 1. The minimum absolute atomic E-state index is 0.0532. The van der Waals surface area contributed by atoms with E-state index in [9.17, 15) is 13.2 Å². The highest BCUT2D eigenvalue weighted by Crippen LogP contribution is 2.27. The van der Waals surface area contributed by atoms with Crippen LogP contribution >= 0.6 is 10.7 Å². The van der Waals surface area contributed by atoms with Crippen LogP contribution in [0.5, 0.6) is 0 Å². The average molecular weight is 336 g/mol. The molecule has 0 aliphatic heterocycles. The van der Waals surface area contributed by atoms with Crippen molar-refractivity contribution in [3.8, 4) is 0 Å². The van der Waals surface area contributed by atoms with Gasteiger partial charge in [-0.1, -0.05) is 33.6 Å². The van der Waals surface area contributed by atoms with E-state index in [0.717, 1.165) is 19.3 Å². The van der Waals surface area contributed by atoms with Gasteiger partial charge in [0.2, 0.25) is 0 Å². The normalized spacial score (nSPS) is 13.4. The molecule has 1 amide bonds.